The minimum atomic E-state index is -0.775. The lowest BCUT2D eigenvalue weighted by atomic mass is 9.81. The summed E-state index contributed by atoms with van der Waals surface area (Å²) in [6.07, 6.45) is 5.76. The summed E-state index contributed by atoms with van der Waals surface area (Å²) in [5.41, 5.74) is 0.765. The average molecular weight is 392 g/mol. The van der Waals surface area contributed by atoms with E-state index >= 15 is 0 Å². The van der Waals surface area contributed by atoms with Crippen LogP contribution in [0, 0.1) is 17.7 Å². The molecule has 1 aliphatic heterocycles. The SMILES string of the molecule is CSCC[C@H](C(=O)NCc1ccc(F)cc1)N1C(=O)[C@@H]2CCCC[C@H]2C1=O. The first-order chi connectivity index (χ1) is 13.0. The van der Waals surface area contributed by atoms with Crippen LogP contribution < -0.4 is 5.32 Å². The number of nitrogens with zero attached hydrogens (tertiary/aromatic N) is 1. The first kappa shape index (κ1) is 19.9. The summed E-state index contributed by atoms with van der Waals surface area (Å²) < 4.78 is 13.0. The van der Waals surface area contributed by atoms with Crippen molar-refractivity contribution in [3.8, 4) is 0 Å². The van der Waals surface area contributed by atoms with Gasteiger partial charge in [0.1, 0.15) is 11.9 Å². The van der Waals surface area contributed by atoms with Crippen molar-refractivity contribution in [3.05, 3.63) is 35.6 Å². The Bertz CT molecular complexity index is 686. The zero-order valence-corrected chi connectivity index (χ0v) is 16.3. The second-order valence-electron chi connectivity index (χ2n) is 7.19. The molecule has 1 N–H and O–H groups in total. The van der Waals surface area contributed by atoms with Crippen LogP contribution in [0.3, 0.4) is 0 Å². The van der Waals surface area contributed by atoms with Gasteiger partial charge in [-0.25, -0.2) is 4.39 Å². The van der Waals surface area contributed by atoms with E-state index in [1.807, 2.05) is 6.26 Å². The number of amides is 3. The van der Waals surface area contributed by atoms with Crippen LogP contribution in [0.25, 0.3) is 0 Å². The van der Waals surface area contributed by atoms with Gasteiger partial charge in [0.2, 0.25) is 17.7 Å². The summed E-state index contributed by atoms with van der Waals surface area (Å²) in [5.74, 6) is -0.866. The first-order valence-electron chi connectivity index (χ1n) is 9.41. The fourth-order valence-electron chi connectivity index (χ4n) is 4.01. The largest absolute Gasteiger partial charge is 0.350 e. The summed E-state index contributed by atoms with van der Waals surface area (Å²) >= 11 is 1.58. The molecule has 1 saturated heterocycles. The predicted molar refractivity (Wildman–Crippen MR) is 102 cm³/mol. The van der Waals surface area contributed by atoms with Gasteiger partial charge < -0.3 is 5.32 Å². The highest BCUT2D eigenvalue weighted by molar-refractivity contribution is 7.98. The lowest BCUT2D eigenvalue weighted by Crippen LogP contribution is -2.50. The molecule has 1 aromatic carbocycles. The highest BCUT2D eigenvalue weighted by Crippen LogP contribution is 2.39. The van der Waals surface area contributed by atoms with E-state index in [-0.39, 0.29) is 41.9 Å². The Morgan fingerprint density at radius 3 is 2.33 bits per heavy atom. The van der Waals surface area contributed by atoms with Gasteiger partial charge in [0.25, 0.3) is 0 Å². The maximum atomic E-state index is 13.0. The normalized spacial score (nSPS) is 23.3. The van der Waals surface area contributed by atoms with E-state index in [1.165, 1.54) is 17.0 Å². The molecule has 5 nitrogen and oxygen atoms in total. The summed E-state index contributed by atoms with van der Waals surface area (Å²) in [6, 6.07) is 5.11. The fourth-order valence-corrected chi connectivity index (χ4v) is 4.47. The molecule has 3 amide bonds. The van der Waals surface area contributed by atoms with Gasteiger partial charge in [-0.3, -0.25) is 19.3 Å². The number of halogens is 1. The van der Waals surface area contributed by atoms with Gasteiger partial charge in [-0.15, -0.1) is 0 Å². The molecule has 0 aromatic heterocycles. The molecule has 1 aliphatic carbocycles. The van der Waals surface area contributed by atoms with Crippen molar-refractivity contribution in [1.82, 2.24) is 10.2 Å². The monoisotopic (exact) mass is 392 g/mol. The fraction of sp³-hybridized carbons (Fsp3) is 0.550. The van der Waals surface area contributed by atoms with E-state index < -0.39 is 6.04 Å². The van der Waals surface area contributed by atoms with E-state index in [0.717, 1.165) is 31.2 Å². The summed E-state index contributed by atoms with van der Waals surface area (Å²) in [6.45, 7) is 0.234. The van der Waals surface area contributed by atoms with Crippen LogP contribution in [0.4, 0.5) is 4.39 Å². The maximum absolute atomic E-state index is 13.0. The number of thioether (sulfide) groups is 1. The van der Waals surface area contributed by atoms with Gasteiger partial charge in [0.15, 0.2) is 0 Å². The highest BCUT2D eigenvalue weighted by atomic mass is 32.2. The molecule has 7 heteroatoms. The summed E-state index contributed by atoms with van der Waals surface area (Å²) in [7, 11) is 0. The van der Waals surface area contributed by atoms with Crippen molar-refractivity contribution >= 4 is 29.5 Å². The van der Waals surface area contributed by atoms with Gasteiger partial charge >= 0.3 is 0 Å². The van der Waals surface area contributed by atoms with E-state index in [0.29, 0.717) is 12.2 Å². The molecule has 1 aromatic rings. The molecule has 2 fully saturated rings. The number of imide groups is 1. The van der Waals surface area contributed by atoms with E-state index in [1.54, 1.807) is 23.9 Å². The number of fused-ring (bicyclic) bond motifs is 1. The van der Waals surface area contributed by atoms with Crippen molar-refractivity contribution in [2.75, 3.05) is 12.0 Å². The number of nitrogens with one attached hydrogen (secondary N) is 1. The molecule has 2 aliphatic rings. The minimum absolute atomic E-state index is 0.187. The number of carbonyl (C=O) groups is 3. The number of rotatable bonds is 7. The standard InChI is InChI=1S/C20H25FN2O3S/c1-27-11-10-17(18(24)22-12-13-6-8-14(21)9-7-13)23-19(25)15-4-2-3-5-16(15)20(23)26/h6-9,15-17H,2-5,10-12H2,1H3,(H,22,24)/t15-,16-,17-/m1/s1. The second-order valence-corrected chi connectivity index (χ2v) is 8.17. The molecule has 3 atom stereocenters. The van der Waals surface area contributed by atoms with Crippen LogP contribution >= 0.6 is 11.8 Å². The Balaban J connectivity index is 1.72. The maximum Gasteiger partial charge on any atom is 0.243 e. The highest BCUT2D eigenvalue weighted by Gasteiger charge is 2.51. The molecular formula is C20H25FN2O3S. The quantitative estimate of drug-likeness (QED) is 0.725. The molecule has 1 saturated carbocycles. The van der Waals surface area contributed by atoms with Crippen molar-refractivity contribution < 1.29 is 18.8 Å². The third-order valence-corrected chi connectivity index (χ3v) is 6.11. The number of hydrogen-bond donors (Lipinski definition) is 1. The molecule has 27 heavy (non-hydrogen) atoms. The zero-order valence-electron chi connectivity index (χ0n) is 15.4. The number of benzene rings is 1. The number of hydrogen-bond acceptors (Lipinski definition) is 4. The Morgan fingerprint density at radius 1 is 1.19 bits per heavy atom. The Labute approximate surface area is 163 Å². The number of carbonyl (C=O) groups excluding carboxylic acids is 3. The van der Waals surface area contributed by atoms with Gasteiger partial charge in [-0.1, -0.05) is 25.0 Å². The summed E-state index contributed by atoms with van der Waals surface area (Å²) in [4.78, 5) is 39.8. The van der Waals surface area contributed by atoms with E-state index in [4.69, 9.17) is 0 Å². The van der Waals surface area contributed by atoms with Crippen molar-refractivity contribution in [2.45, 2.75) is 44.7 Å². The van der Waals surface area contributed by atoms with Crippen LogP contribution in [-0.2, 0) is 20.9 Å². The van der Waals surface area contributed by atoms with Crippen molar-refractivity contribution in [3.63, 3.8) is 0 Å². The molecule has 0 spiro atoms. The Morgan fingerprint density at radius 2 is 1.78 bits per heavy atom. The zero-order chi connectivity index (χ0) is 19.4. The van der Waals surface area contributed by atoms with E-state index in [2.05, 4.69) is 5.32 Å². The van der Waals surface area contributed by atoms with Crippen LogP contribution in [0.1, 0.15) is 37.7 Å². The van der Waals surface area contributed by atoms with Crippen LogP contribution in [0.2, 0.25) is 0 Å². The van der Waals surface area contributed by atoms with Gasteiger partial charge in [0.05, 0.1) is 11.8 Å². The van der Waals surface area contributed by atoms with Crippen LogP contribution in [-0.4, -0.2) is 40.7 Å². The third-order valence-electron chi connectivity index (χ3n) is 5.46. The van der Waals surface area contributed by atoms with Gasteiger partial charge in [-0.05, 0) is 49.0 Å². The van der Waals surface area contributed by atoms with E-state index in [9.17, 15) is 18.8 Å². The molecular weight excluding hydrogens is 367 g/mol. The van der Waals surface area contributed by atoms with Gasteiger partial charge in [-0.2, -0.15) is 11.8 Å². The lowest BCUT2D eigenvalue weighted by molar-refractivity contribution is -0.148. The molecule has 0 radical (unpaired) electrons. The topological polar surface area (TPSA) is 66.5 Å². The minimum Gasteiger partial charge on any atom is -0.350 e. The lowest BCUT2D eigenvalue weighted by Gasteiger charge is -2.26. The first-order valence-corrected chi connectivity index (χ1v) is 10.8. The molecule has 1 heterocycles. The predicted octanol–water partition coefficient (Wildman–Crippen LogP) is 2.74. The van der Waals surface area contributed by atoms with Crippen LogP contribution in [0.5, 0.6) is 0 Å². The molecule has 0 unspecified atom stereocenters. The van der Waals surface area contributed by atoms with Gasteiger partial charge in [0, 0.05) is 6.54 Å². The second kappa shape index (κ2) is 8.87. The Kier molecular flexibility index (Phi) is 6.52. The third kappa shape index (κ3) is 4.34. The number of likely N-dealkylation sites (tertiary alicyclic amines) is 1. The van der Waals surface area contributed by atoms with Crippen LogP contribution in [0.15, 0.2) is 24.3 Å². The Hall–Kier alpha value is -1.89. The molecule has 3 rings (SSSR count). The van der Waals surface area contributed by atoms with Crippen molar-refractivity contribution in [1.29, 1.82) is 0 Å². The smallest absolute Gasteiger partial charge is 0.243 e. The molecule has 146 valence electrons. The average Bonchev–Trinajstić information content (AvgIpc) is 2.93. The van der Waals surface area contributed by atoms with Crippen molar-refractivity contribution in [2.24, 2.45) is 11.8 Å². The molecule has 0 bridgehead atoms. The summed E-state index contributed by atoms with van der Waals surface area (Å²) in [5, 5.41) is 2.81.